The van der Waals surface area contributed by atoms with Gasteiger partial charge < -0.3 is 44.7 Å². The first-order valence-corrected chi connectivity index (χ1v) is 6.04. The van der Waals surface area contributed by atoms with E-state index in [4.69, 9.17) is 0 Å². The van der Waals surface area contributed by atoms with E-state index in [-0.39, 0.29) is 57.9 Å². The molecule has 0 atom stereocenters. The van der Waals surface area contributed by atoms with Gasteiger partial charge in [-0.1, -0.05) is 0 Å². The Labute approximate surface area is 171 Å². The molecule has 3 aromatic heterocycles. The number of aromatic nitrogens is 6. The number of H-pyrrole nitrogens is 3. The Hall–Kier alpha value is -2.62. The SMILES string of the molecule is O=C([O-])c1ncc[nH]1.O=C([O-])c1ncc[nH]1.O=C([O-])c1ncc[nH]1.[Sm+3]. The minimum Gasteiger partial charge on any atom is -0.542 e. The van der Waals surface area contributed by atoms with Crippen molar-refractivity contribution >= 4 is 17.9 Å². The Morgan fingerprint density at radius 1 is 0.640 bits per heavy atom. The van der Waals surface area contributed by atoms with E-state index in [1.54, 1.807) is 0 Å². The van der Waals surface area contributed by atoms with Gasteiger partial charge in [0.05, 0.1) is 0 Å². The fourth-order valence-electron chi connectivity index (χ4n) is 1.13. The zero-order valence-electron chi connectivity index (χ0n) is 12.2. The molecule has 1 radical (unpaired) electrons. The summed E-state index contributed by atoms with van der Waals surface area (Å²) in [5.74, 6) is -4.25. The molecule has 0 saturated carbocycles. The molecule has 0 aliphatic heterocycles. The fraction of sp³-hybridized carbons (Fsp3) is 0. The van der Waals surface area contributed by atoms with E-state index in [1.807, 2.05) is 0 Å². The molecule has 3 heterocycles. The van der Waals surface area contributed by atoms with E-state index < -0.39 is 17.9 Å². The van der Waals surface area contributed by atoms with Crippen molar-refractivity contribution in [1.82, 2.24) is 29.9 Å². The van der Waals surface area contributed by atoms with Gasteiger partial charge in [0.2, 0.25) is 0 Å². The molecule has 13 heteroatoms. The van der Waals surface area contributed by atoms with Crippen LogP contribution in [0.3, 0.4) is 0 Å². The number of imidazole rings is 3. The van der Waals surface area contributed by atoms with Crippen LogP contribution in [0.4, 0.5) is 0 Å². The van der Waals surface area contributed by atoms with E-state index in [0.29, 0.717) is 0 Å². The zero-order chi connectivity index (χ0) is 17.9. The fourth-order valence-corrected chi connectivity index (χ4v) is 1.13. The van der Waals surface area contributed by atoms with Gasteiger partial charge in [-0.2, -0.15) is 0 Å². The number of carbonyl (C=O) groups excluding carboxylic acids is 3. The number of carboxylic acids is 3. The number of nitrogens with zero attached hydrogens (tertiary/aromatic N) is 3. The Morgan fingerprint density at radius 3 is 0.960 bits per heavy atom. The molecule has 0 saturated heterocycles. The summed E-state index contributed by atoms with van der Waals surface area (Å²) in [4.78, 5) is 46.9. The van der Waals surface area contributed by atoms with Crippen LogP contribution in [-0.4, -0.2) is 47.8 Å². The smallest absolute Gasteiger partial charge is 0.542 e. The molecule has 0 bridgehead atoms. The van der Waals surface area contributed by atoms with Crippen LogP contribution in [0.15, 0.2) is 37.2 Å². The second-order valence-electron chi connectivity index (χ2n) is 3.68. The Balaban J connectivity index is 0.000000339. The number of aromatic carboxylic acids is 3. The van der Waals surface area contributed by atoms with Crippen LogP contribution in [0.25, 0.3) is 0 Å². The molecule has 0 fully saturated rings. The van der Waals surface area contributed by atoms with Gasteiger partial charge in [-0.15, -0.1) is 0 Å². The molecular weight excluding hydrogens is 475 g/mol. The van der Waals surface area contributed by atoms with Crippen molar-refractivity contribution in [1.29, 1.82) is 0 Å². The zero-order valence-corrected chi connectivity index (χ0v) is 14.8. The van der Waals surface area contributed by atoms with Crippen molar-refractivity contribution in [3.63, 3.8) is 0 Å². The minimum absolute atomic E-state index is 0. The van der Waals surface area contributed by atoms with Gasteiger partial charge in [-0.25, -0.2) is 15.0 Å². The average Bonchev–Trinajstić information content (AvgIpc) is 3.29. The molecule has 25 heavy (non-hydrogen) atoms. The second-order valence-corrected chi connectivity index (χ2v) is 3.68. The van der Waals surface area contributed by atoms with E-state index in [0.717, 1.165) is 0 Å². The van der Waals surface area contributed by atoms with Crippen molar-refractivity contribution in [3.05, 3.63) is 54.7 Å². The Morgan fingerprint density at radius 2 is 0.880 bits per heavy atom. The number of aromatic amines is 3. The van der Waals surface area contributed by atoms with Gasteiger partial charge in [0.15, 0.2) is 17.5 Å². The third-order valence-corrected chi connectivity index (χ3v) is 2.07. The molecule has 0 aliphatic carbocycles. The average molecular weight is 484 g/mol. The maximum absolute atomic E-state index is 9.86. The van der Waals surface area contributed by atoms with Crippen molar-refractivity contribution in [3.8, 4) is 0 Å². The van der Waals surface area contributed by atoms with Crippen LogP contribution in [-0.2, 0) is 0 Å². The van der Waals surface area contributed by atoms with Gasteiger partial charge in [0, 0.05) is 37.2 Å². The monoisotopic (exact) mass is 485 g/mol. The summed E-state index contributed by atoms with van der Waals surface area (Å²) in [6.45, 7) is 0. The van der Waals surface area contributed by atoms with E-state index in [9.17, 15) is 29.7 Å². The maximum Gasteiger partial charge on any atom is 3.00 e. The number of hydrogen-bond donors (Lipinski definition) is 3. The maximum atomic E-state index is 9.86. The van der Waals surface area contributed by atoms with Crippen molar-refractivity contribution in [2.75, 3.05) is 0 Å². The molecule has 0 spiro atoms. The van der Waals surface area contributed by atoms with Crippen molar-refractivity contribution < 1.29 is 70.1 Å². The van der Waals surface area contributed by atoms with E-state index in [2.05, 4.69) is 29.9 Å². The second kappa shape index (κ2) is 11.8. The molecular formula is C12H9N6O6Sm. The number of hydrogen-bond acceptors (Lipinski definition) is 9. The van der Waals surface area contributed by atoms with Gasteiger partial charge in [-0.05, 0) is 0 Å². The first-order valence-electron chi connectivity index (χ1n) is 6.04. The first kappa shape index (κ1) is 22.4. The number of rotatable bonds is 3. The topological polar surface area (TPSA) is 206 Å². The predicted molar refractivity (Wildman–Crippen MR) is 68.8 cm³/mol. The Kier molecular flexibility index (Phi) is 10.6. The summed E-state index contributed by atoms with van der Waals surface area (Å²) in [6, 6.07) is 0. The third kappa shape index (κ3) is 8.70. The van der Waals surface area contributed by atoms with Crippen LogP contribution < -0.4 is 15.3 Å². The van der Waals surface area contributed by atoms with Gasteiger partial charge >= 0.3 is 40.4 Å². The van der Waals surface area contributed by atoms with Gasteiger partial charge in [0.1, 0.15) is 17.9 Å². The van der Waals surface area contributed by atoms with E-state index >= 15 is 0 Å². The summed E-state index contributed by atoms with van der Waals surface area (Å²) in [5, 5.41) is 29.6. The molecule has 129 valence electrons. The van der Waals surface area contributed by atoms with Gasteiger partial charge in [-0.3, -0.25) is 0 Å². The summed E-state index contributed by atoms with van der Waals surface area (Å²) >= 11 is 0. The molecule has 0 aliphatic rings. The normalized spacial score (nSPS) is 8.64. The molecule has 0 aromatic carbocycles. The predicted octanol–water partition coefficient (Wildman–Crippen LogP) is -3.68. The summed E-state index contributed by atoms with van der Waals surface area (Å²) in [6.07, 6.45) is 8.32. The number of nitrogens with one attached hydrogen (secondary N) is 3. The van der Waals surface area contributed by atoms with Crippen molar-refractivity contribution in [2.24, 2.45) is 0 Å². The molecule has 3 N–H and O–H groups in total. The summed E-state index contributed by atoms with van der Waals surface area (Å²) < 4.78 is 0. The first-order chi connectivity index (χ1) is 11.4. The molecule has 12 nitrogen and oxygen atoms in total. The molecule has 3 rings (SSSR count). The van der Waals surface area contributed by atoms with Gasteiger partial charge in [0.25, 0.3) is 0 Å². The van der Waals surface area contributed by atoms with Crippen LogP contribution in [0.2, 0.25) is 0 Å². The molecule has 0 unspecified atom stereocenters. The summed E-state index contributed by atoms with van der Waals surface area (Å²) in [5.41, 5.74) is 0. The number of carbonyl (C=O) groups is 3. The van der Waals surface area contributed by atoms with E-state index in [1.165, 1.54) is 37.2 Å². The third-order valence-electron chi connectivity index (χ3n) is 2.07. The minimum atomic E-state index is -1.28. The van der Waals surface area contributed by atoms with Crippen LogP contribution >= 0.6 is 0 Å². The van der Waals surface area contributed by atoms with Crippen LogP contribution in [0, 0.1) is 40.4 Å². The standard InChI is InChI=1S/3C4H4N2O2.Sm/c3*7-4(8)3-5-1-2-6-3;/h3*1-2H,(H,5,6)(H,7,8);/q;;;+3/p-3. The number of carboxylic acid groups (broad SMARTS) is 3. The van der Waals surface area contributed by atoms with Crippen LogP contribution in [0.5, 0.6) is 0 Å². The molecule has 3 aromatic rings. The van der Waals surface area contributed by atoms with Crippen LogP contribution in [0.1, 0.15) is 31.9 Å². The quantitative estimate of drug-likeness (QED) is 0.335. The van der Waals surface area contributed by atoms with Crippen molar-refractivity contribution in [2.45, 2.75) is 0 Å². The Bertz CT molecular complexity index is 651. The largest absolute Gasteiger partial charge is 3.00 e. The molecule has 0 amide bonds. The summed E-state index contributed by atoms with van der Waals surface area (Å²) in [7, 11) is 0.